The fourth-order valence-electron chi connectivity index (χ4n) is 2.66. The number of halogens is 1. The summed E-state index contributed by atoms with van der Waals surface area (Å²) in [6.45, 7) is 6.42. The zero-order valence-corrected chi connectivity index (χ0v) is 14.3. The van der Waals surface area contributed by atoms with Crippen LogP contribution in [0.25, 0.3) is 0 Å². The van der Waals surface area contributed by atoms with E-state index in [1.54, 1.807) is 24.4 Å². The third-order valence-corrected chi connectivity index (χ3v) is 4.30. The van der Waals surface area contributed by atoms with E-state index in [1.165, 1.54) is 0 Å². The van der Waals surface area contributed by atoms with Gasteiger partial charge in [0.1, 0.15) is 5.69 Å². The Labute approximate surface area is 146 Å². The first-order chi connectivity index (χ1) is 11.7. The van der Waals surface area contributed by atoms with Crippen LogP contribution in [0.1, 0.15) is 17.4 Å². The average Bonchev–Trinajstić information content (AvgIpc) is 2.61. The lowest BCUT2D eigenvalue weighted by Gasteiger charge is -2.33. The molecule has 1 aliphatic heterocycles. The Morgan fingerprint density at radius 3 is 2.75 bits per heavy atom. The van der Waals surface area contributed by atoms with Gasteiger partial charge < -0.3 is 15.1 Å². The number of carbonyl (C=O) groups is 1. The quantitative estimate of drug-likeness (QED) is 0.923. The number of anilines is 2. The second kappa shape index (κ2) is 7.59. The van der Waals surface area contributed by atoms with E-state index < -0.39 is 0 Å². The molecule has 1 N–H and O–H groups in total. The van der Waals surface area contributed by atoms with Gasteiger partial charge in [-0.25, -0.2) is 9.97 Å². The number of hydrogen-bond acceptors (Lipinski definition) is 5. The molecule has 0 radical (unpaired) electrons. The Morgan fingerprint density at radius 1 is 1.25 bits per heavy atom. The molecule has 7 heteroatoms. The Morgan fingerprint density at radius 2 is 2.04 bits per heavy atom. The molecule has 1 aromatic heterocycles. The molecular formula is C17H20ClN5O. The van der Waals surface area contributed by atoms with Gasteiger partial charge in [0.05, 0.1) is 0 Å². The molecule has 1 amide bonds. The molecule has 0 atom stereocenters. The SMILES string of the molecule is CCN1CCN(C(=O)c2ccnc(Nc3cccc(Cl)c3)n2)CC1. The summed E-state index contributed by atoms with van der Waals surface area (Å²) in [4.78, 5) is 25.3. The van der Waals surface area contributed by atoms with Crippen LogP contribution in [0.2, 0.25) is 5.02 Å². The second-order valence-corrected chi connectivity index (χ2v) is 6.06. The average molecular weight is 346 g/mol. The van der Waals surface area contributed by atoms with Crippen LogP contribution < -0.4 is 5.32 Å². The van der Waals surface area contributed by atoms with Crippen molar-refractivity contribution in [1.29, 1.82) is 0 Å². The smallest absolute Gasteiger partial charge is 0.272 e. The maximum Gasteiger partial charge on any atom is 0.272 e. The number of carbonyl (C=O) groups excluding carboxylic acids is 1. The van der Waals surface area contributed by atoms with E-state index in [9.17, 15) is 4.79 Å². The first-order valence-electron chi connectivity index (χ1n) is 8.03. The van der Waals surface area contributed by atoms with Crippen LogP contribution in [0.4, 0.5) is 11.6 Å². The van der Waals surface area contributed by atoms with Crippen LogP contribution in [-0.4, -0.2) is 58.4 Å². The molecule has 1 aliphatic rings. The summed E-state index contributed by atoms with van der Waals surface area (Å²) in [6.07, 6.45) is 1.59. The van der Waals surface area contributed by atoms with Crippen molar-refractivity contribution in [2.75, 3.05) is 38.0 Å². The number of amides is 1. The van der Waals surface area contributed by atoms with Crippen molar-refractivity contribution in [3.8, 4) is 0 Å². The van der Waals surface area contributed by atoms with Gasteiger partial charge >= 0.3 is 0 Å². The molecule has 0 bridgehead atoms. The molecule has 126 valence electrons. The van der Waals surface area contributed by atoms with E-state index in [-0.39, 0.29) is 5.91 Å². The molecule has 1 fully saturated rings. The molecular weight excluding hydrogens is 326 g/mol. The zero-order chi connectivity index (χ0) is 16.9. The van der Waals surface area contributed by atoms with Gasteiger partial charge in [0.2, 0.25) is 5.95 Å². The van der Waals surface area contributed by atoms with E-state index in [4.69, 9.17) is 11.6 Å². The van der Waals surface area contributed by atoms with Crippen LogP contribution >= 0.6 is 11.6 Å². The number of piperazine rings is 1. The van der Waals surface area contributed by atoms with Gasteiger partial charge in [-0.05, 0) is 30.8 Å². The summed E-state index contributed by atoms with van der Waals surface area (Å²) < 4.78 is 0. The summed E-state index contributed by atoms with van der Waals surface area (Å²) in [5.41, 5.74) is 1.18. The van der Waals surface area contributed by atoms with Gasteiger partial charge in [-0.1, -0.05) is 24.6 Å². The molecule has 3 rings (SSSR count). The molecule has 6 nitrogen and oxygen atoms in total. The molecule has 2 heterocycles. The first kappa shape index (κ1) is 16.7. The Bertz CT molecular complexity index is 716. The van der Waals surface area contributed by atoms with Gasteiger partial charge in [-0.15, -0.1) is 0 Å². The molecule has 2 aromatic rings. The van der Waals surface area contributed by atoms with Crippen LogP contribution in [0.3, 0.4) is 0 Å². The topological polar surface area (TPSA) is 61.4 Å². The van der Waals surface area contributed by atoms with Crippen LogP contribution in [-0.2, 0) is 0 Å². The number of nitrogens with zero attached hydrogens (tertiary/aromatic N) is 4. The van der Waals surface area contributed by atoms with E-state index in [0.29, 0.717) is 16.7 Å². The van der Waals surface area contributed by atoms with Crippen molar-refractivity contribution in [3.63, 3.8) is 0 Å². The lowest BCUT2D eigenvalue weighted by Crippen LogP contribution is -2.48. The predicted molar refractivity (Wildman–Crippen MR) is 94.8 cm³/mol. The summed E-state index contributed by atoms with van der Waals surface area (Å²) in [6, 6.07) is 8.94. The molecule has 1 aromatic carbocycles. The summed E-state index contributed by atoms with van der Waals surface area (Å²) >= 11 is 5.97. The minimum absolute atomic E-state index is 0.0534. The molecule has 0 saturated carbocycles. The second-order valence-electron chi connectivity index (χ2n) is 5.63. The maximum atomic E-state index is 12.6. The van der Waals surface area contributed by atoms with Gasteiger partial charge in [-0.3, -0.25) is 4.79 Å². The van der Waals surface area contributed by atoms with E-state index in [0.717, 1.165) is 38.4 Å². The Balaban J connectivity index is 1.69. The number of benzene rings is 1. The number of rotatable bonds is 4. The minimum atomic E-state index is -0.0534. The highest BCUT2D eigenvalue weighted by Crippen LogP contribution is 2.18. The highest BCUT2D eigenvalue weighted by Gasteiger charge is 2.22. The molecule has 0 spiro atoms. The lowest BCUT2D eigenvalue weighted by molar-refractivity contribution is 0.0637. The molecule has 1 saturated heterocycles. The summed E-state index contributed by atoms with van der Waals surface area (Å²) in [5, 5.41) is 3.70. The highest BCUT2D eigenvalue weighted by molar-refractivity contribution is 6.30. The molecule has 0 aliphatic carbocycles. The first-order valence-corrected chi connectivity index (χ1v) is 8.41. The fourth-order valence-corrected chi connectivity index (χ4v) is 2.85. The van der Waals surface area contributed by atoms with Crippen LogP contribution in [0, 0.1) is 0 Å². The van der Waals surface area contributed by atoms with E-state index in [1.807, 2.05) is 17.0 Å². The molecule has 0 unspecified atom stereocenters. The Hall–Kier alpha value is -2.18. The van der Waals surface area contributed by atoms with Gasteiger partial charge in [0.25, 0.3) is 5.91 Å². The third kappa shape index (κ3) is 4.01. The molecule has 24 heavy (non-hydrogen) atoms. The van der Waals surface area contributed by atoms with E-state index in [2.05, 4.69) is 27.1 Å². The third-order valence-electron chi connectivity index (χ3n) is 4.06. The normalized spacial score (nSPS) is 15.3. The predicted octanol–water partition coefficient (Wildman–Crippen LogP) is 2.65. The van der Waals surface area contributed by atoms with Crippen molar-refractivity contribution >= 4 is 29.1 Å². The number of aromatic nitrogens is 2. The van der Waals surface area contributed by atoms with Crippen LogP contribution in [0.15, 0.2) is 36.5 Å². The van der Waals surface area contributed by atoms with E-state index >= 15 is 0 Å². The van der Waals surface area contributed by atoms with Crippen molar-refractivity contribution in [2.24, 2.45) is 0 Å². The number of hydrogen-bond donors (Lipinski definition) is 1. The monoisotopic (exact) mass is 345 g/mol. The van der Waals surface area contributed by atoms with Gasteiger partial charge in [0.15, 0.2) is 0 Å². The lowest BCUT2D eigenvalue weighted by atomic mass is 10.2. The van der Waals surface area contributed by atoms with Crippen molar-refractivity contribution in [3.05, 3.63) is 47.2 Å². The van der Waals surface area contributed by atoms with Gasteiger partial charge in [-0.2, -0.15) is 0 Å². The summed E-state index contributed by atoms with van der Waals surface area (Å²) in [7, 11) is 0. The van der Waals surface area contributed by atoms with Crippen molar-refractivity contribution < 1.29 is 4.79 Å². The Kier molecular flexibility index (Phi) is 5.27. The fraction of sp³-hybridized carbons (Fsp3) is 0.353. The van der Waals surface area contributed by atoms with Crippen molar-refractivity contribution in [1.82, 2.24) is 19.8 Å². The number of likely N-dealkylation sites (N-methyl/N-ethyl adjacent to an activating group) is 1. The minimum Gasteiger partial charge on any atom is -0.335 e. The largest absolute Gasteiger partial charge is 0.335 e. The highest BCUT2D eigenvalue weighted by atomic mass is 35.5. The standard InChI is InChI=1S/C17H20ClN5O/c1-2-22-8-10-23(11-9-22)16(24)15-6-7-19-17(21-15)20-14-5-3-4-13(18)12-14/h3-7,12H,2,8-11H2,1H3,(H,19,20,21). The maximum absolute atomic E-state index is 12.6. The zero-order valence-electron chi connectivity index (χ0n) is 13.6. The summed E-state index contributed by atoms with van der Waals surface area (Å²) in [5.74, 6) is 0.331. The van der Waals surface area contributed by atoms with Crippen molar-refractivity contribution in [2.45, 2.75) is 6.92 Å². The van der Waals surface area contributed by atoms with Gasteiger partial charge in [0, 0.05) is 43.1 Å². The number of nitrogens with one attached hydrogen (secondary N) is 1. The van der Waals surface area contributed by atoms with Crippen LogP contribution in [0.5, 0.6) is 0 Å².